The number of hydrogen-bond donors (Lipinski definition) is 1. The average molecular weight is 438 g/mol. The Morgan fingerprint density at radius 1 is 1.09 bits per heavy atom. The normalized spacial score (nSPS) is 22.1. The SMILES string of the molecule is COc1cc(CN2C[C@@H](C)[C@H](c3nc4c(cnn4C4CCCC4)c(=O)[nH]3)C2)cc(OC)c1. The van der Waals surface area contributed by atoms with Gasteiger partial charge in [0, 0.05) is 31.6 Å². The van der Waals surface area contributed by atoms with E-state index in [4.69, 9.17) is 14.5 Å². The average Bonchev–Trinajstić information content (AvgIpc) is 3.53. The fraction of sp³-hybridized carbons (Fsp3) is 0.542. The van der Waals surface area contributed by atoms with Crippen molar-refractivity contribution >= 4 is 11.0 Å². The van der Waals surface area contributed by atoms with E-state index in [2.05, 4.69) is 21.9 Å². The van der Waals surface area contributed by atoms with Crippen LogP contribution in [0.25, 0.3) is 11.0 Å². The van der Waals surface area contributed by atoms with Gasteiger partial charge in [0.25, 0.3) is 5.56 Å². The molecule has 2 aromatic heterocycles. The summed E-state index contributed by atoms with van der Waals surface area (Å²) in [6.07, 6.45) is 6.32. The van der Waals surface area contributed by atoms with Gasteiger partial charge in [0.05, 0.1) is 26.5 Å². The molecule has 1 aliphatic heterocycles. The van der Waals surface area contributed by atoms with Crippen LogP contribution in [0.15, 0.2) is 29.2 Å². The Bertz CT molecular complexity index is 1140. The number of fused-ring (bicyclic) bond motifs is 1. The lowest BCUT2D eigenvalue weighted by molar-refractivity contribution is 0.316. The standard InChI is InChI=1S/C24H31N5O3/c1-15-12-28(13-16-8-18(31-2)10-19(9-16)32-3)14-21(15)22-26-23-20(24(30)27-22)11-25-29(23)17-6-4-5-7-17/h8-11,15,17,21H,4-7,12-14H2,1-3H3,(H,26,27,30)/t15-,21-/m1/s1. The smallest absolute Gasteiger partial charge is 0.262 e. The number of ether oxygens (including phenoxy) is 2. The van der Waals surface area contributed by atoms with E-state index in [1.165, 1.54) is 12.8 Å². The molecule has 0 bridgehead atoms. The maximum Gasteiger partial charge on any atom is 0.262 e. The Labute approximate surface area is 187 Å². The van der Waals surface area contributed by atoms with Crippen molar-refractivity contribution in [3.63, 3.8) is 0 Å². The summed E-state index contributed by atoms with van der Waals surface area (Å²) < 4.78 is 12.8. The van der Waals surface area contributed by atoms with Gasteiger partial charge in [-0.2, -0.15) is 5.10 Å². The van der Waals surface area contributed by atoms with Crippen LogP contribution in [0.2, 0.25) is 0 Å². The molecule has 0 radical (unpaired) electrons. The molecule has 8 nitrogen and oxygen atoms in total. The molecule has 1 aromatic carbocycles. The molecule has 8 heteroatoms. The van der Waals surface area contributed by atoms with Gasteiger partial charge in [-0.1, -0.05) is 19.8 Å². The van der Waals surface area contributed by atoms with Gasteiger partial charge in [-0.25, -0.2) is 9.67 Å². The van der Waals surface area contributed by atoms with Crippen LogP contribution in [0.3, 0.4) is 0 Å². The van der Waals surface area contributed by atoms with Crippen molar-refractivity contribution in [1.29, 1.82) is 0 Å². The van der Waals surface area contributed by atoms with Crippen molar-refractivity contribution in [3.8, 4) is 11.5 Å². The molecule has 3 heterocycles. The lowest BCUT2D eigenvalue weighted by atomic mass is 9.97. The number of methoxy groups -OCH3 is 2. The van der Waals surface area contributed by atoms with E-state index in [0.29, 0.717) is 17.3 Å². The maximum atomic E-state index is 12.8. The van der Waals surface area contributed by atoms with Gasteiger partial charge in [-0.15, -0.1) is 0 Å². The number of aromatic nitrogens is 4. The highest BCUT2D eigenvalue weighted by atomic mass is 16.5. The van der Waals surface area contributed by atoms with Gasteiger partial charge in [-0.3, -0.25) is 9.69 Å². The van der Waals surface area contributed by atoms with Gasteiger partial charge in [0.15, 0.2) is 5.65 Å². The van der Waals surface area contributed by atoms with Gasteiger partial charge in [0.1, 0.15) is 22.7 Å². The molecule has 0 amide bonds. The fourth-order valence-electron chi connectivity index (χ4n) is 5.31. The van der Waals surface area contributed by atoms with Crippen molar-refractivity contribution in [2.24, 2.45) is 5.92 Å². The highest BCUT2D eigenvalue weighted by molar-refractivity contribution is 5.73. The van der Waals surface area contributed by atoms with Crippen molar-refractivity contribution in [3.05, 3.63) is 46.1 Å². The molecule has 32 heavy (non-hydrogen) atoms. The molecule has 2 fully saturated rings. The molecule has 170 valence electrons. The number of benzene rings is 1. The Kier molecular flexibility index (Phi) is 5.63. The molecule has 1 aliphatic carbocycles. The predicted octanol–water partition coefficient (Wildman–Crippen LogP) is 3.49. The van der Waals surface area contributed by atoms with E-state index in [9.17, 15) is 4.79 Å². The Hall–Kier alpha value is -2.87. The number of likely N-dealkylation sites (tertiary alicyclic amines) is 1. The monoisotopic (exact) mass is 437 g/mol. The second kappa shape index (κ2) is 8.58. The Morgan fingerprint density at radius 3 is 2.50 bits per heavy atom. The van der Waals surface area contributed by atoms with Crippen molar-refractivity contribution < 1.29 is 9.47 Å². The first-order valence-electron chi connectivity index (χ1n) is 11.5. The summed E-state index contributed by atoms with van der Waals surface area (Å²) in [4.78, 5) is 23.2. The fourth-order valence-corrected chi connectivity index (χ4v) is 5.31. The first kappa shape index (κ1) is 21.0. The van der Waals surface area contributed by atoms with Gasteiger partial charge >= 0.3 is 0 Å². The molecule has 3 aromatic rings. The molecule has 2 atom stereocenters. The van der Waals surface area contributed by atoms with Crippen molar-refractivity contribution in [1.82, 2.24) is 24.6 Å². The third-order valence-corrected chi connectivity index (χ3v) is 7.01. The number of hydrogen-bond acceptors (Lipinski definition) is 6. The van der Waals surface area contributed by atoms with Crippen molar-refractivity contribution in [2.75, 3.05) is 27.3 Å². The Morgan fingerprint density at radius 2 is 1.81 bits per heavy atom. The minimum absolute atomic E-state index is 0.0857. The number of nitrogens with one attached hydrogen (secondary N) is 1. The van der Waals surface area contributed by atoms with E-state index < -0.39 is 0 Å². The molecule has 5 rings (SSSR count). The minimum atomic E-state index is -0.0857. The largest absolute Gasteiger partial charge is 0.497 e. The Balaban J connectivity index is 1.40. The quantitative estimate of drug-likeness (QED) is 0.635. The van der Waals surface area contributed by atoms with Gasteiger partial charge in [0.2, 0.25) is 0 Å². The van der Waals surface area contributed by atoms with Crippen LogP contribution in [0.4, 0.5) is 0 Å². The third-order valence-electron chi connectivity index (χ3n) is 7.01. The summed E-state index contributed by atoms with van der Waals surface area (Å²) in [5, 5.41) is 5.12. The van der Waals surface area contributed by atoms with E-state index in [-0.39, 0.29) is 11.5 Å². The number of H-pyrrole nitrogens is 1. The predicted molar refractivity (Wildman–Crippen MR) is 122 cm³/mol. The third kappa shape index (κ3) is 3.88. The van der Waals surface area contributed by atoms with Crippen molar-refractivity contribution in [2.45, 2.75) is 51.1 Å². The molecule has 0 unspecified atom stereocenters. The zero-order valence-electron chi connectivity index (χ0n) is 19.0. The van der Waals surface area contributed by atoms with Crippen LogP contribution >= 0.6 is 0 Å². The van der Waals surface area contributed by atoms with Crippen LogP contribution in [0.5, 0.6) is 11.5 Å². The lowest BCUT2D eigenvalue weighted by Gasteiger charge is -2.17. The first-order valence-corrected chi connectivity index (χ1v) is 11.5. The number of aromatic amines is 1. The molecule has 1 N–H and O–H groups in total. The maximum absolute atomic E-state index is 12.8. The van der Waals surface area contributed by atoms with Crippen LogP contribution < -0.4 is 15.0 Å². The number of nitrogens with zero attached hydrogens (tertiary/aromatic N) is 4. The van der Waals surface area contributed by atoms with Gasteiger partial charge in [-0.05, 0) is 36.5 Å². The van der Waals surface area contributed by atoms with E-state index in [1.807, 2.05) is 22.9 Å². The summed E-state index contributed by atoms with van der Waals surface area (Å²) in [7, 11) is 3.34. The molecular formula is C24H31N5O3. The lowest BCUT2D eigenvalue weighted by Crippen LogP contribution is -2.21. The van der Waals surface area contributed by atoms with Gasteiger partial charge < -0.3 is 14.5 Å². The highest BCUT2D eigenvalue weighted by Crippen LogP contribution is 2.34. The molecule has 1 saturated carbocycles. The number of rotatable bonds is 6. The van der Waals surface area contributed by atoms with Crippen LogP contribution in [-0.2, 0) is 6.54 Å². The highest BCUT2D eigenvalue weighted by Gasteiger charge is 2.33. The van der Waals surface area contributed by atoms with E-state index in [1.54, 1.807) is 20.4 Å². The van der Waals surface area contributed by atoms with Crippen LogP contribution in [0.1, 0.15) is 56.0 Å². The molecule has 1 saturated heterocycles. The summed E-state index contributed by atoms with van der Waals surface area (Å²) in [6.45, 7) is 4.80. The molecule has 2 aliphatic rings. The minimum Gasteiger partial charge on any atom is -0.497 e. The first-order chi connectivity index (χ1) is 15.6. The van der Waals surface area contributed by atoms with E-state index >= 15 is 0 Å². The molecular weight excluding hydrogens is 406 g/mol. The summed E-state index contributed by atoms with van der Waals surface area (Å²) in [5.41, 5.74) is 1.79. The topological polar surface area (TPSA) is 85.3 Å². The van der Waals surface area contributed by atoms with Crippen LogP contribution in [-0.4, -0.2) is 52.0 Å². The summed E-state index contributed by atoms with van der Waals surface area (Å²) >= 11 is 0. The second-order valence-electron chi connectivity index (χ2n) is 9.21. The van der Waals surface area contributed by atoms with E-state index in [0.717, 1.165) is 61.0 Å². The summed E-state index contributed by atoms with van der Waals surface area (Å²) in [6, 6.07) is 6.34. The molecule has 0 spiro atoms. The summed E-state index contributed by atoms with van der Waals surface area (Å²) in [5.74, 6) is 2.91. The zero-order chi connectivity index (χ0) is 22.2. The van der Waals surface area contributed by atoms with Crippen LogP contribution in [0, 0.1) is 5.92 Å². The second-order valence-corrected chi connectivity index (χ2v) is 9.21. The zero-order valence-corrected chi connectivity index (χ0v) is 19.0.